The average molecular weight is 350 g/mol. The van der Waals surface area contributed by atoms with E-state index in [9.17, 15) is 0 Å². The molecule has 3 aromatic rings. The standard InChI is InChI=1S/C21H23N3S/c1-15(23-24-21-22-19-9-5-6-10-20(19)25-21)16-11-13-18(14-12-16)17-7-3-2-4-8-17/h5-6,9-14,17H,2-4,7-8H2,1H3,(H,22,24)/b23-15+. The number of hydrogen-bond acceptors (Lipinski definition) is 4. The molecule has 0 radical (unpaired) electrons. The maximum absolute atomic E-state index is 4.55. The van der Waals surface area contributed by atoms with Crippen LogP contribution in [-0.2, 0) is 0 Å². The van der Waals surface area contributed by atoms with E-state index in [0.717, 1.165) is 27.8 Å². The van der Waals surface area contributed by atoms with Crippen LogP contribution in [0.2, 0.25) is 0 Å². The predicted molar refractivity (Wildman–Crippen MR) is 108 cm³/mol. The lowest BCUT2D eigenvalue weighted by molar-refractivity contribution is 0.443. The molecule has 2 aromatic carbocycles. The van der Waals surface area contributed by atoms with Crippen molar-refractivity contribution in [2.24, 2.45) is 5.10 Å². The van der Waals surface area contributed by atoms with Gasteiger partial charge in [0.05, 0.1) is 15.9 Å². The molecule has 25 heavy (non-hydrogen) atoms. The van der Waals surface area contributed by atoms with Gasteiger partial charge in [0.2, 0.25) is 5.13 Å². The van der Waals surface area contributed by atoms with Crippen molar-refractivity contribution in [1.82, 2.24) is 4.98 Å². The van der Waals surface area contributed by atoms with E-state index in [-0.39, 0.29) is 0 Å². The second kappa shape index (κ2) is 7.36. The second-order valence-corrected chi connectivity index (χ2v) is 7.78. The molecular formula is C21H23N3S. The van der Waals surface area contributed by atoms with E-state index in [1.54, 1.807) is 11.3 Å². The van der Waals surface area contributed by atoms with Crippen molar-refractivity contribution in [3.63, 3.8) is 0 Å². The van der Waals surface area contributed by atoms with E-state index in [2.05, 4.69) is 45.8 Å². The lowest BCUT2D eigenvalue weighted by atomic mass is 9.84. The largest absolute Gasteiger partial charge is 0.252 e. The molecule has 1 heterocycles. The summed E-state index contributed by atoms with van der Waals surface area (Å²) in [6.07, 6.45) is 6.83. The van der Waals surface area contributed by atoms with Crippen LogP contribution in [0.25, 0.3) is 10.2 Å². The Balaban J connectivity index is 1.45. The Kier molecular flexibility index (Phi) is 4.79. The molecule has 1 aromatic heterocycles. The minimum Gasteiger partial charge on any atom is -0.252 e. The highest BCUT2D eigenvalue weighted by molar-refractivity contribution is 7.22. The summed E-state index contributed by atoms with van der Waals surface area (Å²) in [4.78, 5) is 4.55. The fourth-order valence-corrected chi connectivity index (χ4v) is 4.36. The Morgan fingerprint density at radius 2 is 1.80 bits per heavy atom. The van der Waals surface area contributed by atoms with Crippen LogP contribution in [0.15, 0.2) is 53.6 Å². The first-order valence-corrected chi connectivity index (χ1v) is 9.87. The summed E-state index contributed by atoms with van der Waals surface area (Å²) < 4.78 is 1.18. The summed E-state index contributed by atoms with van der Waals surface area (Å²) in [7, 11) is 0. The number of rotatable bonds is 4. The summed E-state index contributed by atoms with van der Waals surface area (Å²) in [5.74, 6) is 0.751. The normalized spacial score (nSPS) is 16.3. The van der Waals surface area contributed by atoms with Crippen LogP contribution in [0.1, 0.15) is 56.1 Å². The van der Waals surface area contributed by atoms with E-state index in [1.807, 2.05) is 25.1 Å². The number of hydrogen-bond donors (Lipinski definition) is 1. The van der Waals surface area contributed by atoms with Gasteiger partial charge >= 0.3 is 0 Å². The van der Waals surface area contributed by atoms with Gasteiger partial charge in [-0.1, -0.05) is 67.0 Å². The van der Waals surface area contributed by atoms with Crippen molar-refractivity contribution in [1.29, 1.82) is 0 Å². The van der Waals surface area contributed by atoms with Gasteiger partial charge in [0.25, 0.3) is 0 Å². The fourth-order valence-electron chi connectivity index (χ4n) is 3.55. The lowest BCUT2D eigenvalue weighted by Crippen LogP contribution is -2.05. The van der Waals surface area contributed by atoms with Crippen molar-refractivity contribution < 1.29 is 0 Å². The Morgan fingerprint density at radius 1 is 1.04 bits per heavy atom. The highest BCUT2D eigenvalue weighted by Crippen LogP contribution is 2.32. The lowest BCUT2D eigenvalue weighted by Gasteiger charge is -2.22. The molecule has 0 bridgehead atoms. The van der Waals surface area contributed by atoms with Gasteiger partial charge in [-0.15, -0.1) is 0 Å². The van der Waals surface area contributed by atoms with Crippen LogP contribution in [0.5, 0.6) is 0 Å². The number of hydrazone groups is 1. The van der Waals surface area contributed by atoms with Gasteiger partial charge in [0.1, 0.15) is 0 Å². The fraction of sp³-hybridized carbons (Fsp3) is 0.333. The molecule has 3 nitrogen and oxygen atoms in total. The highest BCUT2D eigenvalue weighted by Gasteiger charge is 2.15. The summed E-state index contributed by atoms with van der Waals surface area (Å²) in [5, 5.41) is 5.35. The molecule has 1 aliphatic rings. The molecule has 128 valence electrons. The minimum absolute atomic E-state index is 0.751. The number of thiazole rings is 1. The molecule has 1 saturated carbocycles. The summed E-state index contributed by atoms with van der Waals surface area (Å²) in [6.45, 7) is 2.04. The van der Waals surface area contributed by atoms with Crippen molar-refractivity contribution >= 4 is 32.4 Å². The van der Waals surface area contributed by atoms with Crippen LogP contribution in [0, 0.1) is 0 Å². The molecule has 1 aliphatic carbocycles. The number of aromatic nitrogens is 1. The molecule has 1 fully saturated rings. The zero-order valence-corrected chi connectivity index (χ0v) is 15.4. The monoisotopic (exact) mass is 349 g/mol. The van der Waals surface area contributed by atoms with Crippen molar-refractivity contribution in [2.45, 2.75) is 44.9 Å². The maximum atomic E-state index is 4.55. The zero-order chi connectivity index (χ0) is 17.1. The molecule has 0 atom stereocenters. The molecule has 0 unspecified atom stereocenters. The van der Waals surface area contributed by atoms with Crippen LogP contribution in [0.3, 0.4) is 0 Å². The van der Waals surface area contributed by atoms with Crippen LogP contribution in [-0.4, -0.2) is 10.7 Å². The van der Waals surface area contributed by atoms with Gasteiger partial charge in [0, 0.05) is 0 Å². The van der Waals surface area contributed by atoms with Crippen LogP contribution >= 0.6 is 11.3 Å². The topological polar surface area (TPSA) is 37.3 Å². The summed E-state index contributed by atoms with van der Waals surface area (Å²) in [5.41, 5.74) is 7.74. The van der Waals surface area contributed by atoms with Crippen molar-refractivity contribution in [3.05, 3.63) is 59.7 Å². The van der Waals surface area contributed by atoms with E-state index < -0.39 is 0 Å². The third-order valence-electron chi connectivity index (χ3n) is 5.02. The highest BCUT2D eigenvalue weighted by atomic mass is 32.1. The van der Waals surface area contributed by atoms with Gasteiger partial charge in [-0.05, 0) is 48.9 Å². The summed E-state index contributed by atoms with van der Waals surface area (Å²) in [6, 6.07) is 17.1. The maximum Gasteiger partial charge on any atom is 0.204 e. The number of nitrogens with one attached hydrogen (secondary N) is 1. The van der Waals surface area contributed by atoms with Crippen LogP contribution in [0.4, 0.5) is 5.13 Å². The third kappa shape index (κ3) is 3.74. The Morgan fingerprint density at radius 3 is 2.56 bits per heavy atom. The molecule has 0 spiro atoms. The number of fused-ring (bicyclic) bond motifs is 1. The van der Waals surface area contributed by atoms with Crippen molar-refractivity contribution in [3.8, 4) is 0 Å². The molecule has 1 N–H and O–H groups in total. The minimum atomic E-state index is 0.751. The van der Waals surface area contributed by atoms with Crippen molar-refractivity contribution in [2.75, 3.05) is 5.43 Å². The molecule has 4 rings (SSSR count). The molecule has 0 aliphatic heterocycles. The summed E-state index contributed by atoms with van der Waals surface area (Å²) >= 11 is 1.63. The molecular weight excluding hydrogens is 326 g/mol. The number of nitrogens with zero attached hydrogens (tertiary/aromatic N) is 2. The van der Waals surface area contributed by atoms with Gasteiger partial charge in [0.15, 0.2) is 0 Å². The number of para-hydroxylation sites is 1. The zero-order valence-electron chi connectivity index (χ0n) is 14.5. The van der Waals surface area contributed by atoms with Gasteiger partial charge in [-0.2, -0.15) is 5.10 Å². The van der Waals surface area contributed by atoms with Gasteiger partial charge < -0.3 is 0 Å². The SMILES string of the molecule is C/C(=N\Nc1nc2ccccc2s1)c1ccc(C2CCCCC2)cc1. The average Bonchev–Trinajstić information content (AvgIpc) is 3.10. The van der Waals surface area contributed by atoms with E-state index in [1.165, 1.54) is 42.4 Å². The third-order valence-corrected chi connectivity index (χ3v) is 5.96. The first kappa shape index (κ1) is 16.3. The first-order valence-electron chi connectivity index (χ1n) is 9.06. The Bertz CT molecular complexity index is 841. The number of anilines is 1. The second-order valence-electron chi connectivity index (χ2n) is 6.75. The predicted octanol–water partition coefficient (Wildman–Crippen LogP) is 6.18. The quantitative estimate of drug-likeness (QED) is 0.451. The van der Waals surface area contributed by atoms with E-state index in [0.29, 0.717) is 0 Å². The van der Waals surface area contributed by atoms with Gasteiger partial charge in [-0.3, -0.25) is 5.43 Å². The van der Waals surface area contributed by atoms with E-state index >= 15 is 0 Å². The molecule has 4 heteroatoms. The smallest absolute Gasteiger partial charge is 0.204 e. The Hall–Kier alpha value is -2.20. The van der Waals surface area contributed by atoms with E-state index in [4.69, 9.17) is 0 Å². The Labute approximate surface area is 152 Å². The van der Waals surface area contributed by atoms with Crippen LogP contribution < -0.4 is 5.43 Å². The number of benzene rings is 2. The van der Waals surface area contributed by atoms with Gasteiger partial charge in [-0.25, -0.2) is 4.98 Å². The first-order chi connectivity index (χ1) is 12.3. The molecule has 0 amide bonds. The molecule has 0 saturated heterocycles.